The first kappa shape index (κ1) is 13.7. The molecule has 2 aromatic rings. The van der Waals surface area contributed by atoms with Gasteiger partial charge in [0.1, 0.15) is 0 Å². The number of carbonyl (C=O) groups is 1. The highest BCUT2D eigenvalue weighted by molar-refractivity contribution is 14.1. The van der Waals surface area contributed by atoms with Crippen LogP contribution in [0.5, 0.6) is 0 Å². The first-order valence-corrected chi connectivity index (χ1v) is 6.37. The Labute approximate surface area is 122 Å². The highest BCUT2D eigenvalue weighted by Gasteiger charge is 2.15. The minimum Gasteiger partial charge on any atom is -0.322 e. The summed E-state index contributed by atoms with van der Waals surface area (Å²) in [5.74, 6) is 3.59. The molecule has 5 nitrogen and oxygen atoms in total. The van der Waals surface area contributed by atoms with Crippen molar-refractivity contribution in [1.29, 1.82) is 0 Å². The molecule has 0 spiro atoms. The molecule has 0 atom stereocenters. The Hall–Kier alpha value is -1.74. The van der Waals surface area contributed by atoms with Gasteiger partial charge in [-0.1, -0.05) is 0 Å². The van der Waals surface area contributed by atoms with E-state index in [1.54, 1.807) is 12.1 Å². The molecule has 0 bridgehead atoms. The third-order valence-electron chi connectivity index (χ3n) is 2.37. The lowest BCUT2D eigenvalue weighted by Gasteiger charge is -2.08. The zero-order valence-corrected chi connectivity index (χ0v) is 11.8. The van der Waals surface area contributed by atoms with Gasteiger partial charge in [0.05, 0.1) is 5.56 Å². The van der Waals surface area contributed by atoms with Gasteiger partial charge in [-0.25, -0.2) is 15.2 Å². The molecule has 7 heteroatoms. The van der Waals surface area contributed by atoms with Crippen molar-refractivity contribution in [3.63, 3.8) is 0 Å². The van der Waals surface area contributed by atoms with E-state index in [-0.39, 0.29) is 11.4 Å². The van der Waals surface area contributed by atoms with E-state index in [9.17, 15) is 9.18 Å². The number of nitrogens with zero attached hydrogens (tertiary/aromatic N) is 1. The fraction of sp³-hybridized carbons (Fsp3) is 0. The summed E-state index contributed by atoms with van der Waals surface area (Å²) in [6.45, 7) is 0. The van der Waals surface area contributed by atoms with Crippen molar-refractivity contribution < 1.29 is 9.18 Å². The van der Waals surface area contributed by atoms with E-state index in [4.69, 9.17) is 5.84 Å². The van der Waals surface area contributed by atoms with Gasteiger partial charge in [-0.05, 0) is 52.9 Å². The second-order valence-electron chi connectivity index (χ2n) is 3.63. The lowest BCUT2D eigenvalue weighted by molar-refractivity contribution is 0.102. The summed E-state index contributed by atoms with van der Waals surface area (Å²) in [6.07, 6.45) is 1.31. The molecule has 0 aliphatic heterocycles. The minimum atomic E-state index is -0.784. The molecule has 0 saturated heterocycles. The number of halogens is 2. The Morgan fingerprint density at radius 1 is 1.26 bits per heavy atom. The lowest BCUT2D eigenvalue weighted by atomic mass is 10.2. The number of nitrogens with two attached hydrogens (primary N) is 1. The Morgan fingerprint density at radius 3 is 2.58 bits per heavy atom. The van der Waals surface area contributed by atoms with Crippen LogP contribution in [0.1, 0.15) is 10.4 Å². The van der Waals surface area contributed by atoms with Crippen molar-refractivity contribution >= 4 is 40.0 Å². The number of pyridine rings is 1. The molecule has 1 aromatic heterocycles. The van der Waals surface area contributed by atoms with Crippen molar-refractivity contribution in [2.75, 3.05) is 10.7 Å². The number of amides is 1. The number of rotatable bonds is 3. The average Bonchev–Trinajstić information content (AvgIpc) is 2.41. The van der Waals surface area contributed by atoms with Gasteiger partial charge in [-0.15, -0.1) is 0 Å². The molecular formula is C12H10FIN4O. The van der Waals surface area contributed by atoms with Gasteiger partial charge in [0.15, 0.2) is 11.6 Å². The number of nitrogen functional groups attached to an aromatic ring is 1. The maximum Gasteiger partial charge on any atom is 0.258 e. The average molecular weight is 372 g/mol. The Kier molecular flexibility index (Phi) is 4.27. The Morgan fingerprint density at radius 2 is 1.95 bits per heavy atom. The van der Waals surface area contributed by atoms with E-state index in [0.717, 1.165) is 3.57 Å². The number of hydrazine groups is 1. The molecule has 0 radical (unpaired) electrons. The van der Waals surface area contributed by atoms with Gasteiger partial charge < -0.3 is 10.7 Å². The van der Waals surface area contributed by atoms with Gasteiger partial charge >= 0.3 is 0 Å². The Bertz CT molecular complexity index is 603. The van der Waals surface area contributed by atoms with Crippen LogP contribution in [-0.2, 0) is 0 Å². The van der Waals surface area contributed by atoms with E-state index < -0.39 is 11.7 Å². The van der Waals surface area contributed by atoms with Crippen molar-refractivity contribution in [2.24, 2.45) is 5.84 Å². The number of carbonyl (C=O) groups excluding carboxylic acids is 1. The second kappa shape index (κ2) is 5.93. The van der Waals surface area contributed by atoms with E-state index in [0.29, 0.717) is 5.69 Å². The zero-order chi connectivity index (χ0) is 13.8. The first-order chi connectivity index (χ1) is 9.11. The van der Waals surface area contributed by atoms with Gasteiger partial charge in [-0.2, -0.15) is 0 Å². The number of aromatic nitrogens is 1. The summed E-state index contributed by atoms with van der Waals surface area (Å²) in [6, 6.07) is 8.44. The summed E-state index contributed by atoms with van der Waals surface area (Å²) >= 11 is 2.15. The van der Waals surface area contributed by atoms with Crippen LogP contribution in [0.2, 0.25) is 0 Å². The molecule has 0 saturated carbocycles. The predicted octanol–water partition coefficient (Wildman–Crippen LogP) is 2.36. The quantitative estimate of drug-likeness (QED) is 0.439. The van der Waals surface area contributed by atoms with Crippen LogP contribution in [0.4, 0.5) is 15.9 Å². The van der Waals surface area contributed by atoms with E-state index in [2.05, 4.69) is 38.3 Å². The molecule has 2 rings (SSSR count). The van der Waals surface area contributed by atoms with Gasteiger partial charge in [0.2, 0.25) is 0 Å². The van der Waals surface area contributed by atoms with Gasteiger partial charge in [0.25, 0.3) is 5.91 Å². The molecule has 98 valence electrons. The highest BCUT2D eigenvalue weighted by Crippen LogP contribution is 2.17. The number of nitrogens with one attached hydrogen (secondary N) is 2. The monoisotopic (exact) mass is 372 g/mol. The standard InChI is InChI=1S/C12H10FIN4O/c13-10-9(5-6-16-11(10)18-15)12(19)17-8-3-1-7(14)2-4-8/h1-6H,15H2,(H,16,18)(H,17,19). The maximum atomic E-state index is 13.8. The van der Waals surface area contributed by atoms with Crippen molar-refractivity contribution in [2.45, 2.75) is 0 Å². The van der Waals surface area contributed by atoms with Crippen LogP contribution in [0.15, 0.2) is 36.5 Å². The third kappa shape index (κ3) is 3.18. The molecule has 1 heterocycles. The second-order valence-corrected chi connectivity index (χ2v) is 4.87. The lowest BCUT2D eigenvalue weighted by Crippen LogP contribution is -2.17. The molecule has 0 aliphatic rings. The van der Waals surface area contributed by atoms with Gasteiger partial charge in [-0.3, -0.25) is 4.79 Å². The summed E-state index contributed by atoms with van der Waals surface area (Å²) in [7, 11) is 0. The summed E-state index contributed by atoms with van der Waals surface area (Å²) < 4.78 is 14.9. The van der Waals surface area contributed by atoms with E-state index in [1.165, 1.54) is 12.3 Å². The van der Waals surface area contributed by atoms with Crippen LogP contribution >= 0.6 is 22.6 Å². The fourth-order valence-corrected chi connectivity index (χ4v) is 1.81. The molecular weight excluding hydrogens is 362 g/mol. The van der Waals surface area contributed by atoms with Crippen LogP contribution in [0, 0.1) is 9.39 Å². The molecule has 19 heavy (non-hydrogen) atoms. The highest BCUT2D eigenvalue weighted by atomic mass is 127. The molecule has 1 aromatic carbocycles. The van der Waals surface area contributed by atoms with E-state index in [1.807, 2.05) is 12.1 Å². The summed E-state index contributed by atoms with van der Waals surface area (Å²) in [5.41, 5.74) is 2.56. The molecule has 0 unspecified atom stereocenters. The molecule has 0 fully saturated rings. The van der Waals surface area contributed by atoms with Crippen LogP contribution in [-0.4, -0.2) is 10.9 Å². The number of hydrogen-bond donors (Lipinski definition) is 3. The minimum absolute atomic E-state index is 0.124. The number of anilines is 2. The number of hydrogen-bond acceptors (Lipinski definition) is 4. The third-order valence-corrected chi connectivity index (χ3v) is 3.09. The predicted molar refractivity (Wildman–Crippen MR) is 79.1 cm³/mol. The SMILES string of the molecule is NNc1nccc(C(=O)Nc2ccc(I)cc2)c1F. The maximum absolute atomic E-state index is 13.8. The first-order valence-electron chi connectivity index (χ1n) is 5.30. The summed E-state index contributed by atoms with van der Waals surface area (Å²) in [5, 5.41) is 2.60. The normalized spacial score (nSPS) is 10.1. The van der Waals surface area contributed by atoms with Gasteiger partial charge in [0, 0.05) is 15.5 Å². The van der Waals surface area contributed by atoms with Crippen molar-refractivity contribution in [3.05, 3.63) is 51.5 Å². The topological polar surface area (TPSA) is 80.0 Å². The van der Waals surface area contributed by atoms with Crippen molar-refractivity contribution in [1.82, 2.24) is 4.98 Å². The Balaban J connectivity index is 2.23. The van der Waals surface area contributed by atoms with E-state index >= 15 is 0 Å². The number of benzene rings is 1. The fourth-order valence-electron chi connectivity index (χ4n) is 1.45. The van der Waals surface area contributed by atoms with Crippen LogP contribution in [0.25, 0.3) is 0 Å². The van der Waals surface area contributed by atoms with Crippen LogP contribution < -0.4 is 16.6 Å². The zero-order valence-electron chi connectivity index (χ0n) is 9.65. The van der Waals surface area contributed by atoms with Crippen molar-refractivity contribution in [3.8, 4) is 0 Å². The largest absolute Gasteiger partial charge is 0.322 e. The molecule has 4 N–H and O–H groups in total. The van der Waals surface area contributed by atoms with Crippen LogP contribution in [0.3, 0.4) is 0 Å². The smallest absolute Gasteiger partial charge is 0.258 e. The summed E-state index contributed by atoms with van der Waals surface area (Å²) in [4.78, 5) is 15.6. The molecule has 0 aliphatic carbocycles. The molecule has 1 amide bonds.